The van der Waals surface area contributed by atoms with Crippen LogP contribution < -0.4 is 17.0 Å². The number of hydrogen-bond donors (Lipinski definition) is 3. The summed E-state index contributed by atoms with van der Waals surface area (Å²) in [5, 5.41) is 0. The van der Waals surface area contributed by atoms with Crippen molar-refractivity contribution in [1.82, 2.24) is 19.5 Å². The molecule has 2 aromatic heterocycles. The second kappa shape index (κ2) is 3.30. The minimum atomic E-state index is 0.157. The van der Waals surface area contributed by atoms with E-state index < -0.39 is 0 Å². The van der Waals surface area contributed by atoms with E-state index in [9.17, 15) is 0 Å². The average Bonchev–Trinajstić information content (AvgIpc) is 2.69. The SMILES string of the molecule is NNc1cc(-n2ccnc2)nc(N)n1. The fourth-order valence-corrected chi connectivity index (χ4v) is 1.05. The van der Waals surface area contributed by atoms with Crippen LogP contribution in [0.15, 0.2) is 24.8 Å². The third kappa shape index (κ3) is 1.48. The van der Waals surface area contributed by atoms with Crippen LogP contribution in [-0.4, -0.2) is 19.5 Å². The number of nitrogens with two attached hydrogens (primary N) is 2. The predicted molar refractivity (Wildman–Crippen MR) is 51.4 cm³/mol. The van der Waals surface area contributed by atoms with E-state index in [0.717, 1.165) is 0 Å². The first kappa shape index (κ1) is 8.45. The maximum absolute atomic E-state index is 5.49. The Hall–Kier alpha value is -2.15. The second-order valence-corrected chi connectivity index (χ2v) is 2.58. The zero-order valence-electron chi connectivity index (χ0n) is 7.25. The molecule has 2 rings (SSSR count). The zero-order chi connectivity index (χ0) is 9.97. The predicted octanol–water partition coefficient (Wildman–Crippen LogP) is -0.470. The number of hydrogen-bond acceptors (Lipinski definition) is 6. The largest absolute Gasteiger partial charge is 0.368 e. The molecule has 14 heavy (non-hydrogen) atoms. The smallest absolute Gasteiger partial charge is 0.224 e. The number of rotatable bonds is 2. The lowest BCUT2D eigenvalue weighted by Crippen LogP contribution is -2.11. The highest BCUT2D eigenvalue weighted by Gasteiger charge is 2.02. The van der Waals surface area contributed by atoms with Crippen molar-refractivity contribution in [1.29, 1.82) is 0 Å². The van der Waals surface area contributed by atoms with Gasteiger partial charge in [-0.05, 0) is 0 Å². The summed E-state index contributed by atoms with van der Waals surface area (Å²) < 4.78 is 1.71. The van der Waals surface area contributed by atoms with Gasteiger partial charge in [-0.15, -0.1) is 0 Å². The molecule has 7 heteroatoms. The van der Waals surface area contributed by atoms with Crippen molar-refractivity contribution >= 4 is 11.8 Å². The van der Waals surface area contributed by atoms with E-state index in [1.165, 1.54) is 0 Å². The van der Waals surface area contributed by atoms with Crippen molar-refractivity contribution in [3.05, 3.63) is 24.8 Å². The first-order chi connectivity index (χ1) is 6.79. The fraction of sp³-hybridized carbons (Fsp3) is 0. The van der Waals surface area contributed by atoms with Gasteiger partial charge in [0.15, 0.2) is 0 Å². The van der Waals surface area contributed by atoms with Gasteiger partial charge < -0.3 is 11.2 Å². The molecule has 0 aliphatic rings. The van der Waals surface area contributed by atoms with Crippen LogP contribution in [0.25, 0.3) is 5.82 Å². The van der Waals surface area contributed by atoms with Crippen LogP contribution in [0.4, 0.5) is 11.8 Å². The summed E-state index contributed by atoms with van der Waals surface area (Å²) >= 11 is 0. The molecule has 2 heterocycles. The molecule has 5 N–H and O–H groups in total. The molecule has 2 aromatic rings. The van der Waals surface area contributed by atoms with Crippen LogP contribution in [-0.2, 0) is 0 Å². The van der Waals surface area contributed by atoms with Gasteiger partial charge in [-0.2, -0.15) is 9.97 Å². The van der Waals surface area contributed by atoms with Crippen LogP contribution in [0.5, 0.6) is 0 Å². The van der Waals surface area contributed by atoms with Gasteiger partial charge in [0.2, 0.25) is 5.95 Å². The number of nitrogens with one attached hydrogen (secondary N) is 1. The summed E-state index contributed by atoms with van der Waals surface area (Å²) in [5.41, 5.74) is 7.89. The minimum Gasteiger partial charge on any atom is -0.368 e. The van der Waals surface area contributed by atoms with Gasteiger partial charge in [-0.3, -0.25) is 4.57 Å². The Morgan fingerprint density at radius 3 is 2.86 bits per heavy atom. The normalized spacial score (nSPS) is 10.1. The number of imidazole rings is 1. The number of nitrogen functional groups attached to an aromatic ring is 2. The van der Waals surface area contributed by atoms with E-state index in [1.807, 2.05) is 0 Å². The van der Waals surface area contributed by atoms with Crippen molar-refractivity contribution in [3.8, 4) is 5.82 Å². The lowest BCUT2D eigenvalue weighted by Gasteiger charge is -2.04. The highest BCUT2D eigenvalue weighted by atomic mass is 15.3. The van der Waals surface area contributed by atoms with Crippen molar-refractivity contribution < 1.29 is 0 Å². The number of anilines is 2. The maximum Gasteiger partial charge on any atom is 0.224 e. The number of nitrogens with zero attached hydrogens (tertiary/aromatic N) is 4. The average molecular weight is 191 g/mol. The van der Waals surface area contributed by atoms with E-state index in [-0.39, 0.29) is 5.95 Å². The van der Waals surface area contributed by atoms with Gasteiger partial charge in [-0.1, -0.05) is 0 Å². The van der Waals surface area contributed by atoms with Crippen LogP contribution in [0.3, 0.4) is 0 Å². The monoisotopic (exact) mass is 191 g/mol. The Kier molecular flexibility index (Phi) is 1.99. The molecule has 0 saturated carbocycles. The van der Waals surface area contributed by atoms with Gasteiger partial charge in [-0.25, -0.2) is 10.8 Å². The molecule has 0 aliphatic carbocycles. The van der Waals surface area contributed by atoms with Crippen molar-refractivity contribution in [2.24, 2.45) is 5.84 Å². The molecule has 0 bridgehead atoms. The molecule has 7 nitrogen and oxygen atoms in total. The summed E-state index contributed by atoms with van der Waals surface area (Å²) in [7, 11) is 0. The van der Waals surface area contributed by atoms with Gasteiger partial charge in [0.25, 0.3) is 0 Å². The molecular formula is C7H9N7. The van der Waals surface area contributed by atoms with Gasteiger partial charge in [0.1, 0.15) is 18.0 Å². The zero-order valence-corrected chi connectivity index (χ0v) is 7.25. The summed E-state index contributed by atoms with van der Waals surface area (Å²) in [6.07, 6.45) is 5.01. The van der Waals surface area contributed by atoms with Gasteiger partial charge >= 0.3 is 0 Å². The first-order valence-electron chi connectivity index (χ1n) is 3.89. The highest BCUT2D eigenvalue weighted by molar-refractivity contribution is 5.44. The van der Waals surface area contributed by atoms with E-state index in [0.29, 0.717) is 11.6 Å². The molecule has 0 spiro atoms. The minimum absolute atomic E-state index is 0.157. The Bertz CT molecular complexity index is 422. The molecule has 72 valence electrons. The third-order valence-electron chi connectivity index (χ3n) is 1.65. The van der Waals surface area contributed by atoms with Crippen LogP contribution >= 0.6 is 0 Å². The Morgan fingerprint density at radius 2 is 2.21 bits per heavy atom. The Labute approximate surface area is 79.8 Å². The van der Waals surface area contributed by atoms with Crippen LogP contribution in [0.1, 0.15) is 0 Å². The lowest BCUT2D eigenvalue weighted by atomic mass is 10.5. The molecule has 0 aliphatic heterocycles. The van der Waals surface area contributed by atoms with E-state index >= 15 is 0 Å². The van der Waals surface area contributed by atoms with Gasteiger partial charge in [0.05, 0.1) is 0 Å². The fourth-order valence-electron chi connectivity index (χ4n) is 1.05. The molecule has 0 atom stereocenters. The van der Waals surface area contributed by atoms with E-state index in [2.05, 4.69) is 20.4 Å². The number of hydrazine groups is 1. The quantitative estimate of drug-likeness (QED) is 0.437. The van der Waals surface area contributed by atoms with Crippen molar-refractivity contribution in [3.63, 3.8) is 0 Å². The number of aromatic nitrogens is 4. The second-order valence-electron chi connectivity index (χ2n) is 2.58. The summed E-state index contributed by atoms with van der Waals surface area (Å²) in [6.45, 7) is 0. The molecule has 0 unspecified atom stereocenters. The van der Waals surface area contributed by atoms with Crippen molar-refractivity contribution in [2.75, 3.05) is 11.2 Å². The standard InChI is InChI=1S/C7H9N7/c8-7-11-5(13-9)3-6(12-7)14-2-1-10-4-14/h1-4H,9H2,(H3,8,11,12,13). The molecule has 0 aromatic carbocycles. The summed E-state index contributed by atoms with van der Waals surface area (Å²) in [5.74, 6) is 6.45. The first-order valence-corrected chi connectivity index (χ1v) is 3.89. The van der Waals surface area contributed by atoms with Crippen LogP contribution in [0.2, 0.25) is 0 Å². The molecule has 0 radical (unpaired) electrons. The third-order valence-corrected chi connectivity index (χ3v) is 1.65. The van der Waals surface area contributed by atoms with Crippen molar-refractivity contribution in [2.45, 2.75) is 0 Å². The molecule has 0 fully saturated rings. The molecule has 0 amide bonds. The summed E-state index contributed by atoms with van der Waals surface area (Å²) in [4.78, 5) is 11.8. The Morgan fingerprint density at radius 1 is 1.36 bits per heavy atom. The molecule has 0 saturated heterocycles. The maximum atomic E-state index is 5.49. The highest BCUT2D eigenvalue weighted by Crippen LogP contribution is 2.10. The summed E-state index contributed by atoms with van der Waals surface area (Å²) in [6, 6.07) is 1.66. The van der Waals surface area contributed by atoms with Crippen LogP contribution in [0, 0.1) is 0 Å². The van der Waals surface area contributed by atoms with Gasteiger partial charge in [0, 0.05) is 18.5 Å². The topological polar surface area (TPSA) is 108 Å². The van der Waals surface area contributed by atoms with E-state index in [4.69, 9.17) is 11.6 Å². The Balaban J connectivity index is 2.48. The molecular weight excluding hydrogens is 182 g/mol. The van der Waals surface area contributed by atoms with E-state index in [1.54, 1.807) is 29.4 Å². The lowest BCUT2D eigenvalue weighted by molar-refractivity contribution is 0.976.